The van der Waals surface area contributed by atoms with E-state index >= 15 is 0 Å². The van der Waals surface area contributed by atoms with Crippen molar-refractivity contribution in [1.82, 2.24) is 20.3 Å². The molecule has 0 radical (unpaired) electrons. The van der Waals surface area contributed by atoms with Crippen LogP contribution in [-0.2, 0) is 13.6 Å². The summed E-state index contributed by atoms with van der Waals surface area (Å²) in [6.07, 6.45) is 3.94. The third-order valence-corrected chi connectivity index (χ3v) is 2.96. The predicted molar refractivity (Wildman–Crippen MR) is 61.9 cm³/mol. The van der Waals surface area contributed by atoms with Crippen molar-refractivity contribution in [3.05, 3.63) is 11.9 Å². The molecule has 15 heavy (non-hydrogen) atoms. The maximum atomic E-state index is 5.78. The van der Waals surface area contributed by atoms with E-state index < -0.39 is 0 Å². The largest absolute Gasteiger partial charge is 0.306 e. The average Bonchev–Trinajstić information content (AvgIpc) is 2.62. The highest BCUT2D eigenvalue weighted by Crippen LogP contribution is 2.15. The van der Waals surface area contributed by atoms with Gasteiger partial charge in [-0.3, -0.25) is 4.68 Å². The SMILES string of the molecule is CCC(C)(CCCl)NCc1cn(C)nn1. The molecule has 1 heterocycles. The highest BCUT2D eigenvalue weighted by Gasteiger charge is 2.20. The second kappa shape index (κ2) is 5.47. The first-order chi connectivity index (χ1) is 7.09. The molecule has 4 nitrogen and oxygen atoms in total. The zero-order chi connectivity index (χ0) is 11.3. The lowest BCUT2D eigenvalue weighted by atomic mass is 9.95. The van der Waals surface area contributed by atoms with Gasteiger partial charge in [-0.05, 0) is 19.8 Å². The van der Waals surface area contributed by atoms with Gasteiger partial charge in [-0.1, -0.05) is 12.1 Å². The minimum Gasteiger partial charge on any atom is -0.306 e. The van der Waals surface area contributed by atoms with Gasteiger partial charge in [0.15, 0.2) is 0 Å². The Bertz CT molecular complexity index is 299. The topological polar surface area (TPSA) is 42.7 Å². The minimum absolute atomic E-state index is 0.0965. The number of rotatable bonds is 6. The van der Waals surface area contributed by atoms with Crippen molar-refractivity contribution in [1.29, 1.82) is 0 Å². The van der Waals surface area contributed by atoms with Gasteiger partial charge >= 0.3 is 0 Å². The molecule has 1 unspecified atom stereocenters. The summed E-state index contributed by atoms with van der Waals surface area (Å²) in [6, 6.07) is 0. The Hall–Kier alpha value is -0.610. The molecule has 0 aromatic carbocycles. The molecular formula is C10H19ClN4. The zero-order valence-corrected chi connectivity index (χ0v) is 10.4. The summed E-state index contributed by atoms with van der Waals surface area (Å²) in [5, 5.41) is 11.4. The monoisotopic (exact) mass is 230 g/mol. The first-order valence-corrected chi connectivity index (χ1v) is 5.79. The number of nitrogens with zero attached hydrogens (tertiary/aromatic N) is 3. The number of hydrogen-bond acceptors (Lipinski definition) is 3. The standard InChI is InChI=1S/C10H19ClN4/c1-4-10(2,5-6-11)12-7-9-8-15(3)14-13-9/h8,12H,4-7H2,1-3H3. The average molecular weight is 231 g/mol. The fourth-order valence-electron chi connectivity index (χ4n) is 1.38. The van der Waals surface area contributed by atoms with E-state index in [1.54, 1.807) is 4.68 Å². The lowest BCUT2D eigenvalue weighted by Crippen LogP contribution is -2.41. The van der Waals surface area contributed by atoms with Crippen LogP contribution in [0, 0.1) is 0 Å². The molecular weight excluding hydrogens is 212 g/mol. The van der Waals surface area contributed by atoms with Crippen molar-refractivity contribution >= 4 is 11.6 Å². The van der Waals surface area contributed by atoms with Gasteiger partial charge in [-0.15, -0.1) is 16.7 Å². The minimum atomic E-state index is 0.0965. The summed E-state index contributed by atoms with van der Waals surface area (Å²) < 4.78 is 1.71. The number of halogens is 1. The van der Waals surface area contributed by atoms with Gasteiger partial charge in [0.2, 0.25) is 0 Å². The third-order valence-electron chi connectivity index (χ3n) is 2.77. The zero-order valence-electron chi connectivity index (χ0n) is 9.63. The van der Waals surface area contributed by atoms with Gasteiger partial charge in [0, 0.05) is 31.2 Å². The predicted octanol–water partition coefficient (Wildman–Crippen LogP) is 1.70. The molecule has 0 spiro atoms. The summed E-state index contributed by atoms with van der Waals surface area (Å²) in [6.45, 7) is 5.09. The van der Waals surface area contributed by atoms with Gasteiger partial charge in [-0.2, -0.15) is 0 Å². The summed E-state index contributed by atoms with van der Waals surface area (Å²) >= 11 is 5.78. The fourth-order valence-corrected chi connectivity index (χ4v) is 1.80. The number of nitrogens with one attached hydrogen (secondary N) is 1. The number of alkyl halides is 1. The van der Waals surface area contributed by atoms with Crippen LogP contribution in [0.5, 0.6) is 0 Å². The van der Waals surface area contributed by atoms with E-state index in [9.17, 15) is 0 Å². The molecule has 1 N–H and O–H groups in total. The van der Waals surface area contributed by atoms with Gasteiger partial charge in [0.25, 0.3) is 0 Å². The normalized spacial score (nSPS) is 15.2. The Morgan fingerprint density at radius 1 is 1.60 bits per heavy atom. The molecule has 0 saturated carbocycles. The fraction of sp³-hybridized carbons (Fsp3) is 0.800. The van der Waals surface area contributed by atoms with Crippen LogP contribution >= 0.6 is 11.6 Å². The summed E-state index contributed by atoms with van der Waals surface area (Å²) in [5.41, 5.74) is 1.06. The first-order valence-electron chi connectivity index (χ1n) is 5.26. The van der Waals surface area contributed by atoms with Gasteiger partial charge in [-0.25, -0.2) is 0 Å². The molecule has 1 aromatic heterocycles. The molecule has 0 aliphatic carbocycles. The van der Waals surface area contributed by atoms with Crippen LogP contribution in [0.3, 0.4) is 0 Å². The smallest absolute Gasteiger partial charge is 0.0964 e. The van der Waals surface area contributed by atoms with Crippen LogP contribution in [0.1, 0.15) is 32.4 Å². The van der Waals surface area contributed by atoms with E-state index in [0.29, 0.717) is 5.88 Å². The summed E-state index contributed by atoms with van der Waals surface area (Å²) in [5.74, 6) is 0.678. The Morgan fingerprint density at radius 2 is 2.33 bits per heavy atom. The number of aromatic nitrogens is 3. The molecule has 0 saturated heterocycles. The molecule has 1 rings (SSSR count). The van der Waals surface area contributed by atoms with E-state index in [-0.39, 0.29) is 5.54 Å². The summed E-state index contributed by atoms with van der Waals surface area (Å²) in [7, 11) is 1.87. The second-order valence-corrected chi connectivity index (χ2v) is 4.47. The molecule has 0 aliphatic heterocycles. The second-order valence-electron chi connectivity index (χ2n) is 4.09. The Balaban J connectivity index is 2.47. The first kappa shape index (κ1) is 12.5. The lowest BCUT2D eigenvalue weighted by Gasteiger charge is -2.28. The molecule has 0 amide bonds. The molecule has 0 bridgehead atoms. The van der Waals surface area contributed by atoms with Crippen molar-refractivity contribution in [2.24, 2.45) is 7.05 Å². The van der Waals surface area contributed by atoms with Crippen molar-refractivity contribution in [3.8, 4) is 0 Å². The number of aryl methyl sites for hydroxylation is 1. The lowest BCUT2D eigenvalue weighted by molar-refractivity contribution is 0.329. The van der Waals surface area contributed by atoms with E-state index in [2.05, 4.69) is 29.5 Å². The van der Waals surface area contributed by atoms with E-state index in [0.717, 1.165) is 25.1 Å². The maximum absolute atomic E-state index is 5.78. The highest BCUT2D eigenvalue weighted by atomic mass is 35.5. The van der Waals surface area contributed by atoms with Crippen molar-refractivity contribution in [2.45, 2.75) is 38.8 Å². The van der Waals surface area contributed by atoms with Crippen molar-refractivity contribution in [2.75, 3.05) is 5.88 Å². The molecule has 1 atom stereocenters. The Kier molecular flexibility index (Phi) is 4.54. The van der Waals surface area contributed by atoms with Gasteiger partial charge < -0.3 is 5.32 Å². The van der Waals surface area contributed by atoms with E-state index in [1.165, 1.54) is 0 Å². The van der Waals surface area contributed by atoms with Crippen molar-refractivity contribution < 1.29 is 0 Å². The third kappa shape index (κ3) is 3.80. The van der Waals surface area contributed by atoms with Crippen LogP contribution in [0.4, 0.5) is 0 Å². The summed E-state index contributed by atoms with van der Waals surface area (Å²) in [4.78, 5) is 0. The van der Waals surface area contributed by atoms with Crippen LogP contribution in [0.25, 0.3) is 0 Å². The van der Waals surface area contributed by atoms with E-state index in [4.69, 9.17) is 11.6 Å². The highest BCUT2D eigenvalue weighted by molar-refractivity contribution is 6.17. The Morgan fingerprint density at radius 3 is 2.80 bits per heavy atom. The van der Waals surface area contributed by atoms with Crippen LogP contribution in [0.15, 0.2) is 6.20 Å². The van der Waals surface area contributed by atoms with Gasteiger partial charge in [0.05, 0.1) is 5.69 Å². The van der Waals surface area contributed by atoms with E-state index in [1.807, 2.05) is 13.2 Å². The molecule has 1 aromatic rings. The van der Waals surface area contributed by atoms with Crippen LogP contribution in [-0.4, -0.2) is 26.4 Å². The van der Waals surface area contributed by atoms with Crippen molar-refractivity contribution in [3.63, 3.8) is 0 Å². The molecule has 86 valence electrons. The Labute approximate surface area is 96.0 Å². The maximum Gasteiger partial charge on any atom is 0.0964 e. The number of hydrogen-bond donors (Lipinski definition) is 1. The molecule has 0 fully saturated rings. The molecule has 5 heteroatoms. The van der Waals surface area contributed by atoms with Crippen LogP contribution < -0.4 is 5.32 Å². The van der Waals surface area contributed by atoms with Gasteiger partial charge in [0.1, 0.15) is 0 Å². The quantitative estimate of drug-likeness (QED) is 0.757. The molecule has 0 aliphatic rings. The van der Waals surface area contributed by atoms with Crippen LogP contribution in [0.2, 0.25) is 0 Å².